The Labute approximate surface area is 89.4 Å². The van der Waals surface area contributed by atoms with Gasteiger partial charge >= 0.3 is 0 Å². The first-order valence-electron chi connectivity index (χ1n) is 5.65. The van der Waals surface area contributed by atoms with Crippen LogP contribution in [0, 0.1) is 5.41 Å². The summed E-state index contributed by atoms with van der Waals surface area (Å²) >= 11 is 0. The lowest BCUT2D eigenvalue weighted by Crippen LogP contribution is -2.60. The third-order valence-corrected chi connectivity index (χ3v) is 4.19. The summed E-state index contributed by atoms with van der Waals surface area (Å²) in [6.07, 6.45) is 5.06. The second-order valence-electron chi connectivity index (χ2n) is 5.02. The van der Waals surface area contributed by atoms with E-state index in [1.165, 1.54) is 5.57 Å². The summed E-state index contributed by atoms with van der Waals surface area (Å²) in [6.45, 7) is 4.09. The maximum Gasteiger partial charge on any atom is 0.183 e. The predicted octanol–water partition coefficient (Wildman–Crippen LogP) is 2.16. The van der Waals surface area contributed by atoms with E-state index in [2.05, 4.69) is 6.92 Å². The predicted molar refractivity (Wildman–Crippen MR) is 54.0 cm³/mol. The molecule has 0 aromatic heterocycles. The Hall–Kier alpha value is -0.670. The van der Waals surface area contributed by atoms with Gasteiger partial charge in [-0.15, -0.1) is 0 Å². The largest absolute Gasteiger partial charge is 0.320 e. The number of fused-ring (bicyclic) bond motifs is 2. The van der Waals surface area contributed by atoms with Crippen LogP contribution in [0.4, 0.5) is 0 Å². The molecule has 1 saturated carbocycles. The van der Waals surface area contributed by atoms with Crippen LogP contribution in [0.15, 0.2) is 11.6 Å². The zero-order valence-corrected chi connectivity index (χ0v) is 9.21. The highest BCUT2D eigenvalue weighted by Gasteiger charge is 2.63. The van der Waals surface area contributed by atoms with Gasteiger partial charge in [-0.25, -0.2) is 0 Å². The van der Waals surface area contributed by atoms with Gasteiger partial charge in [-0.1, -0.05) is 12.5 Å². The van der Waals surface area contributed by atoms with Gasteiger partial charge in [0, 0.05) is 18.3 Å². The smallest absolute Gasteiger partial charge is 0.183 e. The Morgan fingerprint density at radius 2 is 2.07 bits per heavy atom. The van der Waals surface area contributed by atoms with Crippen molar-refractivity contribution in [3.63, 3.8) is 0 Å². The Kier molecular flexibility index (Phi) is 1.73. The highest BCUT2D eigenvalue weighted by atomic mass is 16.9. The van der Waals surface area contributed by atoms with E-state index in [-0.39, 0.29) is 17.5 Å². The monoisotopic (exact) mass is 208 g/mol. The van der Waals surface area contributed by atoms with Crippen molar-refractivity contribution in [1.82, 2.24) is 0 Å². The van der Waals surface area contributed by atoms with Crippen LogP contribution < -0.4 is 0 Å². The van der Waals surface area contributed by atoms with Crippen molar-refractivity contribution >= 4 is 5.78 Å². The molecule has 1 spiro atoms. The van der Waals surface area contributed by atoms with Crippen molar-refractivity contribution in [1.29, 1.82) is 0 Å². The molecule has 3 rings (SSSR count). The standard InChI is InChI=1S/C12H16O3/c1-8-14-12(15-8)6-3-9-7-10(13)4-5-11(9,12)2/h7-8H,3-6H2,1-2H3/t8?,11-,12?/m0/s1. The molecule has 0 bridgehead atoms. The van der Waals surface area contributed by atoms with Crippen molar-refractivity contribution in [2.24, 2.45) is 5.41 Å². The second kappa shape index (κ2) is 2.71. The quantitative estimate of drug-likeness (QED) is 0.612. The second-order valence-corrected chi connectivity index (χ2v) is 5.02. The fourth-order valence-electron chi connectivity index (χ4n) is 3.24. The van der Waals surface area contributed by atoms with Gasteiger partial charge in [-0.2, -0.15) is 0 Å². The molecular weight excluding hydrogens is 192 g/mol. The van der Waals surface area contributed by atoms with E-state index in [0.717, 1.165) is 19.3 Å². The zero-order valence-electron chi connectivity index (χ0n) is 9.21. The fourth-order valence-corrected chi connectivity index (χ4v) is 3.24. The van der Waals surface area contributed by atoms with Gasteiger partial charge < -0.3 is 9.47 Å². The van der Waals surface area contributed by atoms with Crippen LogP contribution >= 0.6 is 0 Å². The number of hydrogen-bond donors (Lipinski definition) is 0. The fraction of sp³-hybridized carbons (Fsp3) is 0.750. The molecule has 1 aliphatic heterocycles. The summed E-state index contributed by atoms with van der Waals surface area (Å²) in [5.41, 5.74) is 1.17. The summed E-state index contributed by atoms with van der Waals surface area (Å²) in [7, 11) is 0. The average Bonchev–Trinajstić information content (AvgIpc) is 2.41. The molecule has 2 fully saturated rings. The molecule has 0 unspecified atom stereocenters. The van der Waals surface area contributed by atoms with E-state index in [0.29, 0.717) is 6.42 Å². The maximum atomic E-state index is 11.4. The Balaban J connectivity index is 1.98. The van der Waals surface area contributed by atoms with Crippen LogP contribution in [0.1, 0.15) is 39.5 Å². The first-order valence-corrected chi connectivity index (χ1v) is 5.65. The van der Waals surface area contributed by atoms with E-state index >= 15 is 0 Å². The minimum Gasteiger partial charge on any atom is -0.320 e. The molecular formula is C12H16O3. The van der Waals surface area contributed by atoms with E-state index in [4.69, 9.17) is 9.47 Å². The molecule has 1 saturated heterocycles. The van der Waals surface area contributed by atoms with Crippen LogP contribution in [-0.2, 0) is 14.3 Å². The number of ketones is 1. The van der Waals surface area contributed by atoms with Gasteiger partial charge in [0.2, 0.25) is 0 Å². The molecule has 0 aromatic carbocycles. The summed E-state index contributed by atoms with van der Waals surface area (Å²) in [4.78, 5) is 11.4. The molecule has 1 heterocycles. The molecule has 3 aliphatic rings. The van der Waals surface area contributed by atoms with Gasteiger partial charge in [0.05, 0.1) is 0 Å². The third-order valence-electron chi connectivity index (χ3n) is 4.19. The lowest BCUT2D eigenvalue weighted by Gasteiger charge is -2.53. The Morgan fingerprint density at radius 1 is 1.33 bits per heavy atom. The summed E-state index contributed by atoms with van der Waals surface area (Å²) in [5, 5.41) is 0. The van der Waals surface area contributed by atoms with Crippen molar-refractivity contribution in [3.8, 4) is 0 Å². The lowest BCUT2D eigenvalue weighted by atomic mass is 9.72. The maximum absolute atomic E-state index is 11.4. The van der Waals surface area contributed by atoms with Crippen molar-refractivity contribution in [2.45, 2.75) is 51.6 Å². The molecule has 3 nitrogen and oxygen atoms in total. The first-order chi connectivity index (χ1) is 7.06. The lowest BCUT2D eigenvalue weighted by molar-refractivity contribution is -0.470. The first kappa shape index (κ1) is 9.55. The topological polar surface area (TPSA) is 35.5 Å². The number of hydrogen-bond acceptors (Lipinski definition) is 3. The van der Waals surface area contributed by atoms with Gasteiger partial charge in [0.25, 0.3) is 0 Å². The van der Waals surface area contributed by atoms with E-state index < -0.39 is 5.79 Å². The van der Waals surface area contributed by atoms with Gasteiger partial charge in [0.1, 0.15) is 0 Å². The normalized spacial score (nSPS) is 48.8. The highest BCUT2D eigenvalue weighted by molar-refractivity contribution is 5.91. The summed E-state index contributed by atoms with van der Waals surface area (Å²) in [5.74, 6) is -0.161. The minimum atomic E-state index is -0.418. The van der Waals surface area contributed by atoms with Crippen LogP contribution in [0.25, 0.3) is 0 Å². The van der Waals surface area contributed by atoms with Gasteiger partial charge in [-0.05, 0) is 25.8 Å². The van der Waals surface area contributed by atoms with Gasteiger partial charge in [-0.3, -0.25) is 4.79 Å². The third kappa shape index (κ3) is 1.05. The van der Waals surface area contributed by atoms with Crippen LogP contribution in [0.2, 0.25) is 0 Å². The van der Waals surface area contributed by atoms with Crippen molar-refractivity contribution in [2.75, 3.05) is 0 Å². The van der Waals surface area contributed by atoms with E-state index in [1.807, 2.05) is 13.0 Å². The van der Waals surface area contributed by atoms with Crippen LogP contribution in [0.3, 0.4) is 0 Å². The number of carbonyl (C=O) groups is 1. The SMILES string of the molecule is CC1OC2(CCC3=CC(=O)CC[C@@]32C)O1. The average molecular weight is 208 g/mol. The van der Waals surface area contributed by atoms with Crippen molar-refractivity contribution < 1.29 is 14.3 Å². The molecule has 0 radical (unpaired) electrons. The molecule has 0 N–H and O–H groups in total. The molecule has 0 aromatic rings. The number of ether oxygens (including phenoxy) is 2. The van der Waals surface area contributed by atoms with Crippen molar-refractivity contribution in [3.05, 3.63) is 11.6 Å². The molecule has 0 amide bonds. The molecule has 15 heavy (non-hydrogen) atoms. The number of rotatable bonds is 0. The Morgan fingerprint density at radius 3 is 2.73 bits per heavy atom. The number of carbonyl (C=O) groups excluding carboxylic acids is 1. The Bertz CT molecular complexity index is 352. The molecule has 2 aliphatic carbocycles. The zero-order chi connectivity index (χ0) is 10.7. The molecule has 82 valence electrons. The molecule has 1 atom stereocenters. The van der Waals surface area contributed by atoms with Crippen LogP contribution in [-0.4, -0.2) is 17.9 Å². The van der Waals surface area contributed by atoms with E-state index in [9.17, 15) is 4.79 Å². The van der Waals surface area contributed by atoms with Crippen LogP contribution in [0.5, 0.6) is 0 Å². The number of allylic oxidation sites excluding steroid dienone is 1. The summed E-state index contributed by atoms with van der Waals surface area (Å²) < 4.78 is 11.6. The van der Waals surface area contributed by atoms with Gasteiger partial charge in [0.15, 0.2) is 17.9 Å². The summed E-state index contributed by atoms with van der Waals surface area (Å²) in [6, 6.07) is 0. The van der Waals surface area contributed by atoms with E-state index in [1.54, 1.807) is 0 Å². The highest BCUT2D eigenvalue weighted by Crippen LogP contribution is 2.60. The minimum absolute atomic E-state index is 0.0621. The molecule has 3 heteroatoms.